The van der Waals surface area contributed by atoms with E-state index in [1.807, 2.05) is 12.1 Å². The fraction of sp³-hybridized carbons (Fsp3) is 0.533. The highest BCUT2D eigenvalue weighted by atomic mass is 16.3. The first-order valence-corrected chi connectivity index (χ1v) is 6.21. The highest BCUT2D eigenvalue weighted by Gasteiger charge is 2.36. The maximum Gasteiger partial charge on any atom is 0.130 e. The molecule has 0 bridgehead atoms. The number of aryl methyl sites for hydroxylation is 1. The third kappa shape index (κ3) is 2.36. The minimum atomic E-state index is 0.162. The van der Waals surface area contributed by atoms with Crippen molar-refractivity contribution in [3.8, 4) is 5.75 Å². The normalized spacial score (nSPS) is 21.9. The van der Waals surface area contributed by atoms with Crippen LogP contribution < -0.4 is 0 Å². The van der Waals surface area contributed by atoms with Gasteiger partial charge in [-0.2, -0.15) is 0 Å². The van der Waals surface area contributed by atoms with Gasteiger partial charge in [0, 0.05) is 6.42 Å². The van der Waals surface area contributed by atoms with Crippen molar-refractivity contribution < 1.29 is 9.90 Å². The van der Waals surface area contributed by atoms with E-state index < -0.39 is 0 Å². The van der Waals surface area contributed by atoms with E-state index in [1.165, 1.54) is 11.1 Å². The first-order chi connectivity index (χ1) is 7.90. The molecule has 0 aliphatic heterocycles. The Bertz CT molecular complexity index is 446. The summed E-state index contributed by atoms with van der Waals surface area (Å²) in [5.74, 6) is 0.846. The first kappa shape index (κ1) is 12.2. The molecule has 0 fully saturated rings. The van der Waals surface area contributed by atoms with Crippen LogP contribution in [0.3, 0.4) is 0 Å². The maximum absolute atomic E-state index is 11.4. The highest BCUT2D eigenvalue weighted by molar-refractivity contribution is 5.76. The Labute approximate surface area is 103 Å². The average Bonchev–Trinajstić information content (AvgIpc) is 2.22. The van der Waals surface area contributed by atoms with Crippen LogP contribution in [0.15, 0.2) is 18.2 Å². The van der Waals surface area contributed by atoms with Gasteiger partial charge in [-0.25, -0.2) is 0 Å². The van der Waals surface area contributed by atoms with Crippen LogP contribution >= 0.6 is 0 Å². The zero-order valence-electron chi connectivity index (χ0n) is 10.8. The van der Waals surface area contributed by atoms with Gasteiger partial charge in [-0.05, 0) is 54.4 Å². The van der Waals surface area contributed by atoms with Gasteiger partial charge < -0.3 is 9.90 Å². The molecule has 1 aliphatic rings. The molecule has 0 spiro atoms. The average molecular weight is 232 g/mol. The fourth-order valence-corrected chi connectivity index (χ4v) is 2.87. The molecule has 0 saturated heterocycles. The van der Waals surface area contributed by atoms with Crippen molar-refractivity contribution in [3.63, 3.8) is 0 Å². The molecule has 1 aliphatic carbocycles. The van der Waals surface area contributed by atoms with Crippen LogP contribution in [0.2, 0.25) is 0 Å². The molecular formula is C15H20O2. The van der Waals surface area contributed by atoms with Crippen LogP contribution in [-0.4, -0.2) is 10.9 Å². The minimum absolute atomic E-state index is 0.162. The molecule has 1 atom stereocenters. The zero-order valence-corrected chi connectivity index (χ0v) is 10.8. The molecule has 2 nitrogen and oxygen atoms in total. The number of fused-ring (bicyclic) bond motifs is 1. The largest absolute Gasteiger partial charge is 0.508 e. The van der Waals surface area contributed by atoms with Gasteiger partial charge in [0.15, 0.2) is 0 Å². The van der Waals surface area contributed by atoms with Gasteiger partial charge in [0.05, 0.1) is 0 Å². The van der Waals surface area contributed by atoms with Crippen molar-refractivity contribution in [2.24, 2.45) is 5.41 Å². The van der Waals surface area contributed by atoms with Gasteiger partial charge in [-0.1, -0.05) is 19.9 Å². The molecule has 0 saturated carbocycles. The smallest absolute Gasteiger partial charge is 0.130 e. The van der Waals surface area contributed by atoms with Crippen molar-refractivity contribution in [2.45, 2.75) is 46.0 Å². The summed E-state index contributed by atoms with van der Waals surface area (Å²) in [6.45, 7) is 6.12. The first-order valence-electron chi connectivity index (χ1n) is 6.21. The number of rotatable bonds is 2. The predicted octanol–water partition coefficient (Wildman–Crippen LogP) is 3.43. The van der Waals surface area contributed by atoms with Gasteiger partial charge in [0.2, 0.25) is 0 Å². The summed E-state index contributed by atoms with van der Waals surface area (Å²) in [4.78, 5) is 11.4. The second-order valence-corrected chi connectivity index (χ2v) is 5.83. The van der Waals surface area contributed by atoms with E-state index in [9.17, 15) is 9.90 Å². The molecule has 0 radical (unpaired) electrons. The Hall–Kier alpha value is -1.31. The number of carbonyl (C=O) groups excluding carboxylic acids is 1. The predicted molar refractivity (Wildman–Crippen MR) is 68.2 cm³/mol. The summed E-state index contributed by atoms with van der Waals surface area (Å²) >= 11 is 0. The Morgan fingerprint density at radius 2 is 2.18 bits per heavy atom. The van der Waals surface area contributed by atoms with E-state index in [0.717, 1.165) is 12.8 Å². The quantitative estimate of drug-likeness (QED) is 0.848. The van der Waals surface area contributed by atoms with E-state index in [4.69, 9.17) is 0 Å². The lowest BCUT2D eigenvalue weighted by Gasteiger charge is -2.40. The summed E-state index contributed by atoms with van der Waals surface area (Å²) in [5, 5.41) is 9.52. The van der Waals surface area contributed by atoms with Crippen LogP contribution in [0, 0.1) is 5.41 Å². The zero-order chi connectivity index (χ0) is 12.6. The second-order valence-electron chi connectivity index (χ2n) is 5.83. The second kappa shape index (κ2) is 4.17. The summed E-state index contributed by atoms with van der Waals surface area (Å²) in [6, 6.07) is 5.56. The van der Waals surface area contributed by atoms with Gasteiger partial charge >= 0.3 is 0 Å². The molecule has 2 rings (SSSR count). The molecular weight excluding hydrogens is 212 g/mol. The summed E-state index contributed by atoms with van der Waals surface area (Å²) < 4.78 is 0. The molecule has 2 heteroatoms. The van der Waals surface area contributed by atoms with Gasteiger partial charge in [0.1, 0.15) is 11.5 Å². The summed E-state index contributed by atoms with van der Waals surface area (Å²) in [6.07, 6.45) is 2.66. The van der Waals surface area contributed by atoms with Crippen LogP contribution in [-0.2, 0) is 11.2 Å². The Morgan fingerprint density at radius 3 is 2.82 bits per heavy atom. The number of hydrogen-bond acceptors (Lipinski definition) is 2. The minimum Gasteiger partial charge on any atom is -0.508 e. The molecule has 0 aromatic heterocycles. The van der Waals surface area contributed by atoms with E-state index in [0.29, 0.717) is 12.2 Å². The Kier molecular flexibility index (Phi) is 2.98. The van der Waals surface area contributed by atoms with Crippen molar-refractivity contribution in [1.29, 1.82) is 0 Å². The number of aromatic hydroxyl groups is 1. The third-order valence-electron chi connectivity index (χ3n) is 3.98. The highest BCUT2D eigenvalue weighted by Crippen LogP contribution is 2.47. The van der Waals surface area contributed by atoms with Crippen molar-refractivity contribution in [1.82, 2.24) is 0 Å². The van der Waals surface area contributed by atoms with Crippen LogP contribution in [0.4, 0.5) is 0 Å². The number of phenolic OH excluding ortho intramolecular Hbond substituents is 1. The molecule has 17 heavy (non-hydrogen) atoms. The lowest BCUT2D eigenvalue weighted by atomic mass is 9.64. The fourth-order valence-electron chi connectivity index (χ4n) is 2.87. The van der Waals surface area contributed by atoms with E-state index in [1.54, 1.807) is 13.0 Å². The number of Topliss-reactive ketones (excluding diaryl/α,β-unsaturated/α-hetero) is 1. The topological polar surface area (TPSA) is 37.3 Å². The Morgan fingerprint density at radius 1 is 1.47 bits per heavy atom. The standard InChI is InChI=1S/C15H20O2/c1-10(16)8-14-13-5-4-12(17)9-11(13)6-7-15(14,2)3/h4-5,9,14,17H,6-8H2,1-3H3. The monoisotopic (exact) mass is 232 g/mol. The number of phenols is 1. The summed E-state index contributed by atoms with van der Waals surface area (Å²) in [5.41, 5.74) is 2.61. The molecule has 0 amide bonds. The molecule has 0 heterocycles. The van der Waals surface area contributed by atoms with Gasteiger partial charge in [0.25, 0.3) is 0 Å². The number of ketones is 1. The molecule has 1 aromatic carbocycles. The van der Waals surface area contributed by atoms with E-state index >= 15 is 0 Å². The summed E-state index contributed by atoms with van der Waals surface area (Å²) in [7, 11) is 0. The lowest BCUT2D eigenvalue weighted by Crippen LogP contribution is -2.29. The van der Waals surface area contributed by atoms with Crippen LogP contribution in [0.5, 0.6) is 5.75 Å². The van der Waals surface area contributed by atoms with Gasteiger partial charge in [-0.3, -0.25) is 0 Å². The molecule has 92 valence electrons. The molecule has 1 aromatic rings. The maximum atomic E-state index is 11.4. The Balaban J connectivity index is 2.43. The van der Waals surface area contributed by atoms with Crippen molar-refractivity contribution in [3.05, 3.63) is 29.3 Å². The van der Waals surface area contributed by atoms with E-state index in [-0.39, 0.29) is 17.1 Å². The van der Waals surface area contributed by atoms with Crippen LogP contribution in [0.1, 0.15) is 50.7 Å². The lowest BCUT2D eigenvalue weighted by molar-refractivity contribution is -0.118. The van der Waals surface area contributed by atoms with Crippen molar-refractivity contribution >= 4 is 5.78 Å². The number of benzene rings is 1. The van der Waals surface area contributed by atoms with Gasteiger partial charge in [-0.15, -0.1) is 0 Å². The van der Waals surface area contributed by atoms with Crippen molar-refractivity contribution in [2.75, 3.05) is 0 Å². The van der Waals surface area contributed by atoms with Crippen LogP contribution in [0.25, 0.3) is 0 Å². The SMILES string of the molecule is CC(=O)CC1c2ccc(O)cc2CCC1(C)C. The number of carbonyl (C=O) groups is 1. The third-order valence-corrected chi connectivity index (χ3v) is 3.98. The number of hydrogen-bond donors (Lipinski definition) is 1. The molecule has 1 unspecified atom stereocenters. The van der Waals surface area contributed by atoms with E-state index in [2.05, 4.69) is 13.8 Å². The molecule has 1 N–H and O–H groups in total.